The molecule has 0 radical (unpaired) electrons. The summed E-state index contributed by atoms with van der Waals surface area (Å²) in [6.45, 7) is 1.81. The Bertz CT molecular complexity index is 535. The van der Waals surface area contributed by atoms with Crippen LogP contribution >= 0.6 is 11.6 Å². The van der Waals surface area contributed by atoms with Crippen LogP contribution in [0.5, 0.6) is 0 Å². The maximum atomic E-state index is 12.1. The second-order valence-corrected chi connectivity index (χ2v) is 5.96. The smallest absolute Gasteiger partial charge is 0.303 e. The van der Waals surface area contributed by atoms with E-state index in [0.29, 0.717) is 17.9 Å². The molecule has 0 aromatic heterocycles. The lowest BCUT2D eigenvalue weighted by molar-refractivity contribution is -0.137. The summed E-state index contributed by atoms with van der Waals surface area (Å²) < 4.78 is 0. The molecule has 2 rings (SSSR count). The maximum absolute atomic E-state index is 12.1. The van der Waals surface area contributed by atoms with Crippen molar-refractivity contribution in [2.75, 3.05) is 0 Å². The molecule has 4 N–H and O–H groups in total. The van der Waals surface area contributed by atoms with Gasteiger partial charge in [0.25, 0.3) is 0 Å². The van der Waals surface area contributed by atoms with Gasteiger partial charge in [0.1, 0.15) is 6.04 Å². The minimum Gasteiger partial charge on any atom is -0.481 e. The summed E-state index contributed by atoms with van der Waals surface area (Å²) >= 11 is 5.86. The SMILES string of the molecule is CC(CCC(=O)O)NC(=O)C1CC(c2ccc(Cl)cc2)NN1. The Hall–Kier alpha value is -1.63. The molecule has 120 valence electrons. The standard InChI is InChI=1S/C15H20ClN3O3/c1-9(2-7-14(20)21)17-15(22)13-8-12(18-19-13)10-3-5-11(16)6-4-10/h3-6,9,12-13,18-19H,2,7-8H2,1H3,(H,17,22)(H,20,21). The van der Waals surface area contributed by atoms with Gasteiger partial charge in [-0.1, -0.05) is 23.7 Å². The normalized spacial score (nSPS) is 22.3. The van der Waals surface area contributed by atoms with E-state index in [4.69, 9.17) is 16.7 Å². The van der Waals surface area contributed by atoms with E-state index in [2.05, 4.69) is 16.2 Å². The molecule has 1 heterocycles. The van der Waals surface area contributed by atoms with Gasteiger partial charge in [0, 0.05) is 23.5 Å². The van der Waals surface area contributed by atoms with Crippen molar-refractivity contribution >= 4 is 23.5 Å². The number of halogens is 1. The largest absolute Gasteiger partial charge is 0.481 e. The summed E-state index contributed by atoms with van der Waals surface area (Å²) in [7, 11) is 0. The Balaban J connectivity index is 1.83. The molecule has 1 aromatic carbocycles. The molecular formula is C15H20ClN3O3. The maximum Gasteiger partial charge on any atom is 0.303 e. The molecule has 3 atom stereocenters. The Labute approximate surface area is 134 Å². The lowest BCUT2D eigenvalue weighted by atomic mass is 10.0. The van der Waals surface area contributed by atoms with Crippen LogP contribution in [0.2, 0.25) is 5.02 Å². The monoisotopic (exact) mass is 325 g/mol. The van der Waals surface area contributed by atoms with Crippen molar-refractivity contribution in [3.63, 3.8) is 0 Å². The van der Waals surface area contributed by atoms with Gasteiger partial charge >= 0.3 is 5.97 Å². The number of carboxylic acids is 1. The van der Waals surface area contributed by atoms with Gasteiger partial charge in [-0.25, -0.2) is 10.9 Å². The van der Waals surface area contributed by atoms with Gasteiger partial charge in [-0.3, -0.25) is 9.59 Å². The first-order valence-corrected chi connectivity index (χ1v) is 7.62. The molecule has 1 aliphatic rings. The van der Waals surface area contributed by atoms with Gasteiger partial charge in [0.05, 0.1) is 0 Å². The highest BCUT2D eigenvalue weighted by Crippen LogP contribution is 2.23. The fourth-order valence-electron chi connectivity index (χ4n) is 2.40. The lowest BCUT2D eigenvalue weighted by Gasteiger charge is -2.16. The molecule has 1 amide bonds. The van der Waals surface area contributed by atoms with Crippen LogP contribution in [-0.4, -0.2) is 29.1 Å². The summed E-state index contributed by atoms with van der Waals surface area (Å²) in [5, 5.41) is 12.2. The van der Waals surface area contributed by atoms with Gasteiger partial charge < -0.3 is 10.4 Å². The molecule has 6 nitrogen and oxygen atoms in total. The number of hydrazine groups is 1. The van der Waals surface area contributed by atoms with Gasteiger partial charge in [0.2, 0.25) is 5.91 Å². The van der Waals surface area contributed by atoms with Gasteiger partial charge in [-0.05, 0) is 37.5 Å². The first-order valence-electron chi connectivity index (χ1n) is 7.24. The summed E-state index contributed by atoms with van der Waals surface area (Å²) in [6, 6.07) is 7.03. The van der Waals surface area contributed by atoms with Crippen LogP contribution < -0.4 is 16.2 Å². The van der Waals surface area contributed by atoms with Crippen LogP contribution in [0.4, 0.5) is 0 Å². The summed E-state index contributed by atoms with van der Waals surface area (Å²) in [5.41, 5.74) is 7.14. The third-order valence-electron chi connectivity index (χ3n) is 3.67. The number of carbonyl (C=O) groups is 2. The summed E-state index contributed by atoms with van der Waals surface area (Å²) in [5.74, 6) is -0.980. The zero-order chi connectivity index (χ0) is 16.1. The predicted octanol–water partition coefficient (Wildman–Crippen LogP) is 1.62. The second-order valence-electron chi connectivity index (χ2n) is 5.52. The highest BCUT2D eigenvalue weighted by Gasteiger charge is 2.30. The number of aliphatic carboxylic acids is 1. The molecule has 0 spiro atoms. The number of amides is 1. The first kappa shape index (κ1) is 16.7. The van der Waals surface area contributed by atoms with Gasteiger partial charge in [-0.15, -0.1) is 0 Å². The van der Waals surface area contributed by atoms with E-state index in [1.165, 1.54) is 0 Å². The highest BCUT2D eigenvalue weighted by molar-refractivity contribution is 6.30. The average molecular weight is 326 g/mol. The number of benzene rings is 1. The van der Waals surface area contributed by atoms with Crippen molar-refractivity contribution in [2.45, 2.75) is 44.3 Å². The quantitative estimate of drug-likeness (QED) is 0.638. The van der Waals surface area contributed by atoms with E-state index in [0.717, 1.165) is 5.56 Å². The van der Waals surface area contributed by atoms with E-state index < -0.39 is 5.97 Å². The Kier molecular flexibility index (Phi) is 5.76. The number of nitrogens with one attached hydrogen (secondary N) is 3. The molecule has 1 saturated heterocycles. The van der Waals surface area contributed by atoms with Crippen molar-refractivity contribution in [3.05, 3.63) is 34.9 Å². The molecule has 1 fully saturated rings. The van der Waals surface area contributed by atoms with Crippen molar-refractivity contribution < 1.29 is 14.7 Å². The zero-order valence-corrected chi connectivity index (χ0v) is 13.1. The van der Waals surface area contributed by atoms with Crippen molar-refractivity contribution in [3.8, 4) is 0 Å². The summed E-state index contributed by atoms with van der Waals surface area (Å²) in [6.07, 6.45) is 1.09. The molecule has 0 saturated carbocycles. The number of rotatable bonds is 6. The minimum absolute atomic E-state index is 0.0438. The third kappa shape index (κ3) is 4.69. The van der Waals surface area contributed by atoms with E-state index >= 15 is 0 Å². The zero-order valence-electron chi connectivity index (χ0n) is 12.3. The topological polar surface area (TPSA) is 90.5 Å². The van der Waals surface area contributed by atoms with Crippen molar-refractivity contribution in [1.29, 1.82) is 0 Å². The van der Waals surface area contributed by atoms with Crippen LogP contribution in [0.25, 0.3) is 0 Å². The van der Waals surface area contributed by atoms with Gasteiger partial charge in [0.15, 0.2) is 0 Å². The van der Waals surface area contributed by atoms with Crippen LogP contribution in [0.15, 0.2) is 24.3 Å². The third-order valence-corrected chi connectivity index (χ3v) is 3.92. The first-order chi connectivity index (χ1) is 10.5. The molecule has 0 aliphatic carbocycles. The summed E-state index contributed by atoms with van der Waals surface area (Å²) in [4.78, 5) is 22.7. The average Bonchev–Trinajstić information content (AvgIpc) is 2.96. The number of hydrogen-bond donors (Lipinski definition) is 4. The van der Waals surface area contributed by atoms with Gasteiger partial charge in [-0.2, -0.15) is 0 Å². The highest BCUT2D eigenvalue weighted by atomic mass is 35.5. The molecule has 1 aliphatic heterocycles. The minimum atomic E-state index is -0.857. The Morgan fingerprint density at radius 1 is 1.36 bits per heavy atom. The number of carbonyl (C=O) groups excluding carboxylic acids is 1. The van der Waals surface area contributed by atoms with Crippen LogP contribution in [0, 0.1) is 0 Å². The van der Waals surface area contributed by atoms with Crippen LogP contribution in [0.1, 0.15) is 37.8 Å². The van der Waals surface area contributed by atoms with Crippen molar-refractivity contribution in [2.24, 2.45) is 0 Å². The predicted molar refractivity (Wildman–Crippen MR) is 83.3 cm³/mol. The van der Waals surface area contributed by atoms with E-state index in [9.17, 15) is 9.59 Å². The Morgan fingerprint density at radius 3 is 2.68 bits per heavy atom. The molecule has 0 bridgehead atoms. The van der Waals surface area contributed by atoms with E-state index in [1.54, 1.807) is 6.92 Å². The van der Waals surface area contributed by atoms with Crippen LogP contribution in [0.3, 0.4) is 0 Å². The van der Waals surface area contributed by atoms with E-state index in [-0.39, 0.29) is 30.5 Å². The molecule has 3 unspecified atom stereocenters. The second kappa shape index (κ2) is 7.58. The molecule has 1 aromatic rings. The fourth-order valence-corrected chi connectivity index (χ4v) is 2.52. The number of hydrogen-bond acceptors (Lipinski definition) is 4. The molecule has 7 heteroatoms. The number of carboxylic acid groups (broad SMARTS) is 1. The fraction of sp³-hybridized carbons (Fsp3) is 0.467. The van der Waals surface area contributed by atoms with E-state index in [1.807, 2.05) is 24.3 Å². The van der Waals surface area contributed by atoms with Crippen LogP contribution in [-0.2, 0) is 9.59 Å². The molecule has 22 heavy (non-hydrogen) atoms. The lowest BCUT2D eigenvalue weighted by Crippen LogP contribution is -2.46. The Morgan fingerprint density at radius 2 is 2.05 bits per heavy atom. The van der Waals surface area contributed by atoms with Crippen molar-refractivity contribution in [1.82, 2.24) is 16.2 Å². The molecular weight excluding hydrogens is 306 g/mol.